The minimum atomic E-state index is -0.206. The summed E-state index contributed by atoms with van der Waals surface area (Å²) in [5.41, 5.74) is 2.36. The number of hydrogen-bond donors (Lipinski definition) is 1. The molecule has 0 atom stereocenters. The molecule has 0 aromatic heterocycles. The molecule has 1 saturated heterocycles. The maximum Gasteiger partial charge on any atom is 0.264 e. The first kappa shape index (κ1) is 19.3. The van der Waals surface area contributed by atoms with E-state index in [1.54, 1.807) is 13.2 Å². The summed E-state index contributed by atoms with van der Waals surface area (Å²) in [7, 11) is 1.58. The minimum absolute atomic E-state index is 0.206. The SMILES string of the molecule is CCOc1cccc(/C=C2\SC(=Nc3cccc(Cl)c3C)NC2=O)c1OC. The van der Waals surface area contributed by atoms with Gasteiger partial charge in [-0.25, -0.2) is 4.99 Å². The lowest BCUT2D eigenvalue weighted by molar-refractivity contribution is -0.115. The average molecular weight is 403 g/mol. The van der Waals surface area contributed by atoms with Crippen LogP contribution in [0, 0.1) is 6.92 Å². The number of benzene rings is 2. The van der Waals surface area contributed by atoms with Crippen molar-refractivity contribution in [3.63, 3.8) is 0 Å². The van der Waals surface area contributed by atoms with Crippen molar-refractivity contribution in [3.05, 3.63) is 57.5 Å². The van der Waals surface area contributed by atoms with Gasteiger partial charge in [-0.05, 0) is 55.4 Å². The van der Waals surface area contributed by atoms with Gasteiger partial charge in [0.15, 0.2) is 16.7 Å². The number of amides is 1. The number of para-hydroxylation sites is 1. The number of thioether (sulfide) groups is 1. The maximum atomic E-state index is 12.4. The van der Waals surface area contributed by atoms with Crippen molar-refractivity contribution in [3.8, 4) is 11.5 Å². The molecule has 0 aliphatic carbocycles. The molecule has 0 spiro atoms. The Labute approximate surface area is 167 Å². The quantitative estimate of drug-likeness (QED) is 0.719. The number of nitrogens with one attached hydrogen (secondary N) is 1. The van der Waals surface area contributed by atoms with E-state index in [9.17, 15) is 4.79 Å². The fraction of sp³-hybridized carbons (Fsp3) is 0.200. The van der Waals surface area contributed by atoms with E-state index in [0.717, 1.165) is 16.8 Å². The molecule has 0 radical (unpaired) electrons. The van der Waals surface area contributed by atoms with Crippen molar-refractivity contribution in [2.75, 3.05) is 13.7 Å². The van der Waals surface area contributed by atoms with E-state index in [0.29, 0.717) is 33.2 Å². The Hall–Kier alpha value is -2.44. The second-order valence-electron chi connectivity index (χ2n) is 5.68. The van der Waals surface area contributed by atoms with Gasteiger partial charge in [0.2, 0.25) is 0 Å². The first-order chi connectivity index (χ1) is 13.0. The Kier molecular flexibility index (Phi) is 6.08. The monoisotopic (exact) mass is 402 g/mol. The Morgan fingerprint density at radius 2 is 2.04 bits per heavy atom. The van der Waals surface area contributed by atoms with Gasteiger partial charge in [0, 0.05) is 10.6 Å². The first-order valence-electron chi connectivity index (χ1n) is 8.38. The molecule has 1 fully saturated rings. The number of amidine groups is 1. The summed E-state index contributed by atoms with van der Waals surface area (Å²) < 4.78 is 11.1. The number of rotatable bonds is 5. The third-order valence-electron chi connectivity index (χ3n) is 3.91. The van der Waals surface area contributed by atoms with Crippen LogP contribution >= 0.6 is 23.4 Å². The van der Waals surface area contributed by atoms with Crippen LogP contribution in [0.1, 0.15) is 18.1 Å². The lowest BCUT2D eigenvalue weighted by Gasteiger charge is -2.11. The second-order valence-corrected chi connectivity index (χ2v) is 7.12. The molecule has 1 heterocycles. The molecular formula is C20H19ClN2O3S. The van der Waals surface area contributed by atoms with Crippen molar-refractivity contribution < 1.29 is 14.3 Å². The lowest BCUT2D eigenvalue weighted by Crippen LogP contribution is -2.19. The number of carbonyl (C=O) groups excluding carboxylic acids is 1. The van der Waals surface area contributed by atoms with Gasteiger partial charge in [-0.2, -0.15) is 0 Å². The van der Waals surface area contributed by atoms with Crippen LogP contribution < -0.4 is 14.8 Å². The summed E-state index contributed by atoms with van der Waals surface area (Å²) in [6, 6.07) is 11.1. The number of aliphatic imine (C=N–C) groups is 1. The van der Waals surface area contributed by atoms with Gasteiger partial charge in [0.1, 0.15) is 0 Å². The molecule has 1 amide bonds. The molecule has 2 aromatic rings. The van der Waals surface area contributed by atoms with Crippen LogP contribution in [0.5, 0.6) is 11.5 Å². The van der Waals surface area contributed by atoms with Gasteiger partial charge < -0.3 is 14.8 Å². The predicted octanol–water partition coefficient (Wildman–Crippen LogP) is 4.95. The summed E-state index contributed by atoms with van der Waals surface area (Å²) >= 11 is 7.41. The molecular weight excluding hydrogens is 384 g/mol. The third kappa shape index (κ3) is 4.28. The molecule has 27 heavy (non-hydrogen) atoms. The molecule has 140 valence electrons. The Balaban J connectivity index is 1.91. The van der Waals surface area contributed by atoms with E-state index in [1.165, 1.54) is 11.8 Å². The van der Waals surface area contributed by atoms with E-state index in [-0.39, 0.29) is 5.91 Å². The number of hydrogen-bond acceptors (Lipinski definition) is 5. The number of ether oxygens (including phenoxy) is 2. The van der Waals surface area contributed by atoms with Gasteiger partial charge in [0.25, 0.3) is 5.91 Å². The summed E-state index contributed by atoms with van der Waals surface area (Å²) in [5, 5.41) is 3.94. The standard InChI is InChI=1S/C20H19ClN2O3S/c1-4-26-16-10-5-7-13(18(16)25-3)11-17-19(24)23-20(27-17)22-15-9-6-8-14(21)12(15)2/h5-11H,4H2,1-3H3,(H,22,23,24)/b17-11-. The highest BCUT2D eigenvalue weighted by Gasteiger charge is 2.25. The van der Waals surface area contributed by atoms with Crippen LogP contribution in [0.15, 0.2) is 46.3 Å². The molecule has 5 nitrogen and oxygen atoms in total. The Morgan fingerprint density at radius 3 is 2.78 bits per heavy atom. The van der Waals surface area contributed by atoms with E-state index in [1.807, 2.05) is 50.2 Å². The first-order valence-corrected chi connectivity index (χ1v) is 9.57. The molecule has 0 bridgehead atoms. The van der Waals surface area contributed by atoms with Crippen molar-refractivity contribution >= 4 is 46.2 Å². The predicted molar refractivity (Wildman–Crippen MR) is 111 cm³/mol. The Morgan fingerprint density at radius 1 is 1.26 bits per heavy atom. The lowest BCUT2D eigenvalue weighted by atomic mass is 10.1. The highest BCUT2D eigenvalue weighted by molar-refractivity contribution is 8.18. The van der Waals surface area contributed by atoms with Crippen molar-refractivity contribution in [1.82, 2.24) is 5.32 Å². The van der Waals surface area contributed by atoms with Crippen LogP contribution in [0.3, 0.4) is 0 Å². The van der Waals surface area contributed by atoms with Gasteiger partial charge in [-0.1, -0.05) is 29.8 Å². The zero-order valence-electron chi connectivity index (χ0n) is 15.2. The van der Waals surface area contributed by atoms with Crippen molar-refractivity contribution in [2.45, 2.75) is 13.8 Å². The fourth-order valence-corrected chi connectivity index (χ4v) is 3.58. The molecule has 3 rings (SSSR count). The highest BCUT2D eigenvalue weighted by Crippen LogP contribution is 2.36. The van der Waals surface area contributed by atoms with Crippen LogP contribution in [0.25, 0.3) is 6.08 Å². The fourth-order valence-electron chi connectivity index (χ4n) is 2.58. The minimum Gasteiger partial charge on any atom is -0.492 e. The van der Waals surface area contributed by atoms with Gasteiger partial charge in [0.05, 0.1) is 24.3 Å². The highest BCUT2D eigenvalue weighted by atomic mass is 35.5. The van der Waals surface area contributed by atoms with Crippen molar-refractivity contribution in [1.29, 1.82) is 0 Å². The summed E-state index contributed by atoms with van der Waals surface area (Å²) in [6.45, 7) is 4.33. The zero-order chi connectivity index (χ0) is 19.4. The van der Waals surface area contributed by atoms with Crippen LogP contribution in [0.2, 0.25) is 5.02 Å². The van der Waals surface area contributed by atoms with Gasteiger partial charge >= 0.3 is 0 Å². The normalized spacial score (nSPS) is 16.7. The van der Waals surface area contributed by atoms with Crippen LogP contribution in [-0.2, 0) is 4.79 Å². The molecule has 1 N–H and O–H groups in total. The van der Waals surface area contributed by atoms with E-state index < -0.39 is 0 Å². The number of nitrogens with zero attached hydrogens (tertiary/aromatic N) is 1. The Bertz CT molecular complexity index is 941. The molecule has 1 aliphatic heterocycles. The number of halogens is 1. The molecule has 2 aromatic carbocycles. The second kappa shape index (κ2) is 8.50. The van der Waals surface area contributed by atoms with E-state index >= 15 is 0 Å². The number of methoxy groups -OCH3 is 1. The third-order valence-corrected chi connectivity index (χ3v) is 5.23. The topological polar surface area (TPSA) is 59.9 Å². The van der Waals surface area contributed by atoms with E-state index in [2.05, 4.69) is 10.3 Å². The summed E-state index contributed by atoms with van der Waals surface area (Å²) in [4.78, 5) is 17.4. The maximum absolute atomic E-state index is 12.4. The van der Waals surface area contributed by atoms with Crippen LogP contribution in [-0.4, -0.2) is 24.8 Å². The molecule has 1 aliphatic rings. The van der Waals surface area contributed by atoms with Crippen LogP contribution in [0.4, 0.5) is 5.69 Å². The summed E-state index contributed by atoms with van der Waals surface area (Å²) in [6.07, 6.45) is 1.77. The zero-order valence-corrected chi connectivity index (χ0v) is 16.8. The summed E-state index contributed by atoms with van der Waals surface area (Å²) in [5.74, 6) is 1.03. The smallest absolute Gasteiger partial charge is 0.264 e. The van der Waals surface area contributed by atoms with Gasteiger partial charge in [-0.15, -0.1) is 0 Å². The van der Waals surface area contributed by atoms with Crippen molar-refractivity contribution in [2.24, 2.45) is 4.99 Å². The molecule has 0 saturated carbocycles. The largest absolute Gasteiger partial charge is 0.492 e. The van der Waals surface area contributed by atoms with E-state index in [4.69, 9.17) is 21.1 Å². The van der Waals surface area contributed by atoms with Gasteiger partial charge in [-0.3, -0.25) is 4.79 Å². The molecule has 7 heteroatoms. The number of carbonyl (C=O) groups is 1. The average Bonchev–Trinajstić information content (AvgIpc) is 2.99. The molecule has 0 unspecified atom stereocenters.